The highest BCUT2D eigenvalue weighted by Crippen LogP contribution is 2.14. The van der Waals surface area contributed by atoms with Crippen LogP contribution in [0.2, 0.25) is 0 Å². The zero-order valence-corrected chi connectivity index (χ0v) is 5.67. The maximum atomic E-state index is 5.53. The molecule has 0 aromatic rings. The summed E-state index contributed by atoms with van der Waals surface area (Å²) in [5.74, 6) is 0. The van der Waals surface area contributed by atoms with E-state index in [4.69, 9.17) is 15.2 Å². The van der Waals surface area contributed by atoms with Crippen molar-refractivity contribution < 1.29 is 9.47 Å². The minimum Gasteiger partial charge on any atom is -0.374 e. The van der Waals surface area contributed by atoms with Gasteiger partial charge in [0.25, 0.3) is 0 Å². The summed E-state index contributed by atoms with van der Waals surface area (Å²) < 4.78 is 10.1. The van der Waals surface area contributed by atoms with Crippen molar-refractivity contribution in [3.05, 3.63) is 0 Å². The van der Waals surface area contributed by atoms with Crippen molar-refractivity contribution in [2.75, 3.05) is 13.7 Å². The summed E-state index contributed by atoms with van der Waals surface area (Å²) in [6.45, 7) is 0.835. The lowest BCUT2D eigenvalue weighted by atomic mass is 10.2. The second kappa shape index (κ2) is 3.15. The molecule has 2 unspecified atom stereocenters. The van der Waals surface area contributed by atoms with Gasteiger partial charge in [-0.2, -0.15) is 0 Å². The predicted octanol–water partition coefficient (Wildman–Crippen LogP) is 0.0966. The van der Waals surface area contributed by atoms with E-state index in [0.717, 1.165) is 19.4 Å². The van der Waals surface area contributed by atoms with Crippen molar-refractivity contribution in [2.45, 2.75) is 25.2 Å². The molecule has 1 saturated heterocycles. The van der Waals surface area contributed by atoms with Crippen LogP contribution >= 0.6 is 0 Å². The van der Waals surface area contributed by atoms with Gasteiger partial charge in [0.15, 0.2) is 0 Å². The van der Waals surface area contributed by atoms with Crippen LogP contribution in [0.15, 0.2) is 0 Å². The highest BCUT2D eigenvalue weighted by molar-refractivity contribution is 4.69. The molecule has 1 heterocycles. The molecule has 1 aliphatic rings. The molecule has 2 atom stereocenters. The quantitative estimate of drug-likeness (QED) is 0.540. The number of hydrogen-bond donors (Lipinski definition) is 1. The maximum absolute atomic E-state index is 5.53. The molecule has 0 spiro atoms. The Morgan fingerprint density at radius 2 is 2.56 bits per heavy atom. The molecule has 1 rings (SSSR count). The van der Waals surface area contributed by atoms with Gasteiger partial charge >= 0.3 is 0 Å². The van der Waals surface area contributed by atoms with E-state index in [-0.39, 0.29) is 12.3 Å². The average molecular weight is 131 g/mol. The van der Waals surface area contributed by atoms with Crippen molar-refractivity contribution in [3.63, 3.8) is 0 Å². The summed E-state index contributed by atoms with van der Waals surface area (Å²) in [7, 11) is 1.60. The number of methoxy groups -OCH3 is 1. The molecule has 0 aromatic carbocycles. The lowest BCUT2D eigenvalue weighted by Gasteiger charge is -2.15. The van der Waals surface area contributed by atoms with Crippen LogP contribution in [-0.2, 0) is 9.47 Å². The molecule has 2 N–H and O–H groups in total. The van der Waals surface area contributed by atoms with Crippen LogP contribution in [-0.4, -0.2) is 26.0 Å². The molecule has 54 valence electrons. The van der Waals surface area contributed by atoms with Crippen molar-refractivity contribution in [1.29, 1.82) is 0 Å². The van der Waals surface area contributed by atoms with Crippen LogP contribution in [0.25, 0.3) is 0 Å². The Labute approximate surface area is 55.1 Å². The molecule has 0 saturated carbocycles. The summed E-state index contributed by atoms with van der Waals surface area (Å²) in [4.78, 5) is 0. The first-order valence-corrected chi connectivity index (χ1v) is 3.24. The van der Waals surface area contributed by atoms with Crippen LogP contribution in [0.5, 0.6) is 0 Å². The summed E-state index contributed by atoms with van der Waals surface area (Å²) in [6.07, 6.45) is 2.05. The van der Waals surface area contributed by atoms with Crippen molar-refractivity contribution in [1.82, 2.24) is 0 Å². The second-order valence-electron chi connectivity index (χ2n) is 2.25. The summed E-state index contributed by atoms with van der Waals surface area (Å²) in [6, 6.07) is 0. The lowest BCUT2D eigenvalue weighted by molar-refractivity contribution is -0.0230. The van der Waals surface area contributed by atoms with Crippen LogP contribution in [0.1, 0.15) is 12.8 Å². The number of ether oxygens (including phenoxy) is 2. The molecule has 0 amide bonds. The van der Waals surface area contributed by atoms with Gasteiger partial charge in [-0.05, 0) is 12.8 Å². The van der Waals surface area contributed by atoms with Gasteiger partial charge < -0.3 is 15.2 Å². The molecule has 0 radical (unpaired) electrons. The Bertz CT molecular complexity index is 81.1. The zero-order valence-electron chi connectivity index (χ0n) is 5.67. The minimum absolute atomic E-state index is 0.134. The molecule has 1 aliphatic heterocycles. The topological polar surface area (TPSA) is 44.5 Å². The van der Waals surface area contributed by atoms with Crippen molar-refractivity contribution >= 4 is 0 Å². The van der Waals surface area contributed by atoms with E-state index in [0.29, 0.717) is 0 Å². The second-order valence-corrected chi connectivity index (χ2v) is 2.25. The predicted molar refractivity (Wildman–Crippen MR) is 34.0 cm³/mol. The van der Waals surface area contributed by atoms with E-state index < -0.39 is 0 Å². The van der Waals surface area contributed by atoms with E-state index in [2.05, 4.69) is 0 Å². The van der Waals surface area contributed by atoms with Gasteiger partial charge in [-0.25, -0.2) is 0 Å². The van der Waals surface area contributed by atoms with Gasteiger partial charge in [0.05, 0.1) is 6.10 Å². The van der Waals surface area contributed by atoms with Gasteiger partial charge in [0.1, 0.15) is 6.23 Å². The number of hydrogen-bond acceptors (Lipinski definition) is 3. The van der Waals surface area contributed by atoms with E-state index in [1.807, 2.05) is 0 Å². The third-order valence-electron chi connectivity index (χ3n) is 1.60. The Hall–Kier alpha value is -0.120. The third kappa shape index (κ3) is 1.64. The standard InChI is InChI=1S/C6H13NO2/c1-8-6(7)5-3-2-4-9-5/h5-6H,2-4,7H2,1H3. The molecule has 0 aliphatic carbocycles. The van der Waals surface area contributed by atoms with Gasteiger partial charge in [-0.3, -0.25) is 0 Å². The van der Waals surface area contributed by atoms with E-state index in [1.165, 1.54) is 0 Å². The molecule has 3 nitrogen and oxygen atoms in total. The van der Waals surface area contributed by atoms with Crippen molar-refractivity contribution in [2.24, 2.45) is 5.73 Å². The zero-order chi connectivity index (χ0) is 6.69. The lowest BCUT2D eigenvalue weighted by Crippen LogP contribution is -2.35. The first kappa shape index (κ1) is 6.99. The average Bonchev–Trinajstić information content (AvgIpc) is 2.37. The normalized spacial score (nSPS) is 30.7. The summed E-state index contributed by atoms with van der Waals surface area (Å²) in [5, 5.41) is 0. The number of nitrogens with two attached hydrogens (primary N) is 1. The Morgan fingerprint density at radius 3 is 3.00 bits per heavy atom. The molecule has 3 heteroatoms. The van der Waals surface area contributed by atoms with Crippen LogP contribution in [0, 0.1) is 0 Å². The summed E-state index contributed by atoms with van der Waals surface area (Å²) >= 11 is 0. The molecule has 0 aromatic heterocycles. The SMILES string of the molecule is COC(N)C1CCCO1. The van der Waals surface area contributed by atoms with E-state index in [1.54, 1.807) is 7.11 Å². The van der Waals surface area contributed by atoms with Gasteiger partial charge in [0, 0.05) is 13.7 Å². The monoisotopic (exact) mass is 131 g/mol. The Balaban J connectivity index is 2.24. The van der Waals surface area contributed by atoms with Gasteiger partial charge in [0.2, 0.25) is 0 Å². The molecular weight excluding hydrogens is 118 g/mol. The molecular formula is C6H13NO2. The fourth-order valence-electron chi connectivity index (χ4n) is 1.01. The fraction of sp³-hybridized carbons (Fsp3) is 1.00. The Morgan fingerprint density at radius 1 is 1.78 bits per heavy atom. The molecule has 1 fully saturated rings. The van der Waals surface area contributed by atoms with Crippen LogP contribution in [0.3, 0.4) is 0 Å². The highest BCUT2D eigenvalue weighted by atomic mass is 16.5. The van der Waals surface area contributed by atoms with Crippen LogP contribution in [0.4, 0.5) is 0 Å². The molecule has 0 bridgehead atoms. The van der Waals surface area contributed by atoms with Crippen molar-refractivity contribution in [3.8, 4) is 0 Å². The maximum Gasteiger partial charge on any atom is 0.131 e. The van der Waals surface area contributed by atoms with Crippen LogP contribution < -0.4 is 5.73 Å². The first-order chi connectivity index (χ1) is 4.34. The van der Waals surface area contributed by atoms with Gasteiger partial charge in [-0.1, -0.05) is 0 Å². The highest BCUT2D eigenvalue weighted by Gasteiger charge is 2.21. The van der Waals surface area contributed by atoms with E-state index in [9.17, 15) is 0 Å². The summed E-state index contributed by atoms with van der Waals surface area (Å²) in [5.41, 5.74) is 5.53. The largest absolute Gasteiger partial charge is 0.374 e. The van der Waals surface area contributed by atoms with E-state index >= 15 is 0 Å². The third-order valence-corrected chi connectivity index (χ3v) is 1.60. The Kier molecular flexibility index (Phi) is 2.45. The fourth-order valence-corrected chi connectivity index (χ4v) is 1.01. The first-order valence-electron chi connectivity index (χ1n) is 3.24. The molecule has 9 heavy (non-hydrogen) atoms. The minimum atomic E-state index is -0.229. The van der Waals surface area contributed by atoms with Gasteiger partial charge in [-0.15, -0.1) is 0 Å². The number of rotatable bonds is 2. The smallest absolute Gasteiger partial charge is 0.131 e.